The van der Waals surface area contributed by atoms with E-state index in [9.17, 15) is 4.79 Å². The standard InChI is InChI=1S/C16H24O/c1-14(2)16(17)15-12-10-8-6-4-3-5-7-9-11-13-15/h4,6-7,9,12,14H,3,5,8,10-11,13H2,1-2H3/b6-4-,9-7-,15-12+. The summed E-state index contributed by atoms with van der Waals surface area (Å²) in [5.41, 5.74) is 1.03. The van der Waals surface area contributed by atoms with Crippen molar-refractivity contribution in [2.75, 3.05) is 0 Å². The van der Waals surface area contributed by atoms with Crippen LogP contribution < -0.4 is 0 Å². The summed E-state index contributed by atoms with van der Waals surface area (Å²) < 4.78 is 0. The fourth-order valence-electron chi connectivity index (χ4n) is 1.95. The molecule has 94 valence electrons. The van der Waals surface area contributed by atoms with Gasteiger partial charge in [0.1, 0.15) is 0 Å². The van der Waals surface area contributed by atoms with Gasteiger partial charge < -0.3 is 0 Å². The molecule has 0 aliphatic heterocycles. The molecule has 1 rings (SSSR count). The summed E-state index contributed by atoms with van der Waals surface area (Å²) in [5, 5.41) is 0. The van der Waals surface area contributed by atoms with Crippen LogP contribution in [0.15, 0.2) is 36.0 Å². The quantitative estimate of drug-likeness (QED) is 0.636. The van der Waals surface area contributed by atoms with Crippen molar-refractivity contribution in [3.8, 4) is 0 Å². The second-order valence-corrected chi connectivity index (χ2v) is 4.88. The van der Waals surface area contributed by atoms with Crippen LogP contribution >= 0.6 is 0 Å². The van der Waals surface area contributed by atoms with Crippen LogP contribution in [0.5, 0.6) is 0 Å². The number of allylic oxidation sites excluding steroid dienone is 6. The zero-order valence-electron chi connectivity index (χ0n) is 11.1. The van der Waals surface area contributed by atoms with Crippen molar-refractivity contribution in [2.45, 2.75) is 52.4 Å². The van der Waals surface area contributed by atoms with E-state index in [0.717, 1.165) is 44.1 Å². The number of Topliss-reactive ketones (excluding diaryl/α,β-unsaturated/α-hetero) is 1. The van der Waals surface area contributed by atoms with Gasteiger partial charge in [-0.25, -0.2) is 0 Å². The average Bonchev–Trinajstić information content (AvgIpc) is 2.29. The monoisotopic (exact) mass is 232 g/mol. The molecule has 0 saturated carbocycles. The highest BCUT2D eigenvalue weighted by molar-refractivity contribution is 5.96. The molecule has 0 bridgehead atoms. The van der Waals surface area contributed by atoms with E-state index >= 15 is 0 Å². The first kappa shape index (κ1) is 14.0. The third-order valence-electron chi connectivity index (χ3n) is 2.98. The van der Waals surface area contributed by atoms with E-state index in [1.165, 1.54) is 0 Å². The number of hydrogen-bond acceptors (Lipinski definition) is 1. The van der Waals surface area contributed by atoms with Crippen LogP contribution in [-0.4, -0.2) is 5.78 Å². The molecule has 0 unspecified atom stereocenters. The Kier molecular flexibility index (Phi) is 6.61. The smallest absolute Gasteiger partial charge is 0.161 e. The van der Waals surface area contributed by atoms with Gasteiger partial charge in [-0.1, -0.05) is 44.2 Å². The lowest BCUT2D eigenvalue weighted by Gasteiger charge is -2.08. The van der Waals surface area contributed by atoms with E-state index in [-0.39, 0.29) is 5.92 Å². The Morgan fingerprint density at radius 2 is 1.47 bits per heavy atom. The van der Waals surface area contributed by atoms with Crippen LogP contribution in [0, 0.1) is 5.92 Å². The zero-order valence-corrected chi connectivity index (χ0v) is 11.1. The van der Waals surface area contributed by atoms with Crippen molar-refractivity contribution in [2.24, 2.45) is 5.92 Å². The summed E-state index contributed by atoms with van der Waals surface area (Å²) in [6.07, 6.45) is 17.2. The largest absolute Gasteiger partial charge is 0.294 e. The van der Waals surface area contributed by atoms with Crippen molar-refractivity contribution in [3.05, 3.63) is 36.0 Å². The SMILES string of the molecule is CC(C)C(=O)/C1=C/CC/C=C\CC/C=C\CC1. The first-order valence-corrected chi connectivity index (χ1v) is 6.75. The molecule has 0 saturated heterocycles. The Bertz CT molecular complexity index is 318. The molecule has 0 radical (unpaired) electrons. The van der Waals surface area contributed by atoms with E-state index in [0.29, 0.717) is 5.78 Å². The first-order valence-electron chi connectivity index (χ1n) is 6.75. The molecule has 1 aliphatic rings. The Balaban J connectivity index is 2.67. The number of ketones is 1. The molecular weight excluding hydrogens is 208 g/mol. The molecule has 0 N–H and O–H groups in total. The fourth-order valence-corrected chi connectivity index (χ4v) is 1.95. The second kappa shape index (κ2) is 8.05. The number of carbonyl (C=O) groups excluding carboxylic acids is 1. The van der Waals surface area contributed by atoms with Gasteiger partial charge in [0.2, 0.25) is 0 Å². The molecule has 1 nitrogen and oxygen atoms in total. The fraction of sp³-hybridized carbons (Fsp3) is 0.562. The summed E-state index contributed by atoms with van der Waals surface area (Å²) in [7, 11) is 0. The van der Waals surface area contributed by atoms with Gasteiger partial charge in [0.05, 0.1) is 0 Å². The Morgan fingerprint density at radius 3 is 2.06 bits per heavy atom. The highest BCUT2D eigenvalue weighted by atomic mass is 16.1. The van der Waals surface area contributed by atoms with Gasteiger partial charge in [0.15, 0.2) is 5.78 Å². The third kappa shape index (κ3) is 5.67. The maximum absolute atomic E-state index is 12.0. The minimum Gasteiger partial charge on any atom is -0.294 e. The first-order chi connectivity index (χ1) is 8.22. The van der Waals surface area contributed by atoms with E-state index in [1.54, 1.807) is 0 Å². The molecule has 0 aromatic heterocycles. The molecule has 0 atom stereocenters. The number of hydrogen-bond donors (Lipinski definition) is 0. The highest BCUT2D eigenvalue weighted by Gasteiger charge is 2.12. The lowest BCUT2D eigenvalue weighted by molar-refractivity contribution is -0.118. The molecule has 1 aliphatic carbocycles. The van der Waals surface area contributed by atoms with Crippen molar-refractivity contribution >= 4 is 5.78 Å². The highest BCUT2D eigenvalue weighted by Crippen LogP contribution is 2.15. The van der Waals surface area contributed by atoms with Crippen LogP contribution in [-0.2, 0) is 4.79 Å². The molecule has 0 fully saturated rings. The summed E-state index contributed by atoms with van der Waals surface area (Å²) in [6.45, 7) is 3.96. The van der Waals surface area contributed by atoms with Crippen LogP contribution in [0.25, 0.3) is 0 Å². The van der Waals surface area contributed by atoms with Gasteiger partial charge in [-0.2, -0.15) is 0 Å². The number of carbonyl (C=O) groups is 1. The van der Waals surface area contributed by atoms with Gasteiger partial charge in [-0.3, -0.25) is 4.79 Å². The van der Waals surface area contributed by atoms with Crippen molar-refractivity contribution < 1.29 is 4.79 Å². The summed E-state index contributed by atoms with van der Waals surface area (Å²) in [5.74, 6) is 0.438. The molecule has 1 heteroatoms. The predicted octanol–water partition coefficient (Wildman–Crippen LogP) is 4.60. The van der Waals surface area contributed by atoms with Crippen LogP contribution in [0.1, 0.15) is 52.4 Å². The predicted molar refractivity (Wildman–Crippen MR) is 73.9 cm³/mol. The Morgan fingerprint density at radius 1 is 0.941 bits per heavy atom. The molecule has 0 aromatic carbocycles. The Labute approximate surface area is 105 Å². The normalized spacial score (nSPS) is 25.2. The molecular formula is C16H24O. The summed E-state index contributed by atoms with van der Waals surface area (Å²) in [6, 6.07) is 0. The van der Waals surface area contributed by atoms with E-state index in [4.69, 9.17) is 0 Å². The second-order valence-electron chi connectivity index (χ2n) is 4.88. The van der Waals surface area contributed by atoms with E-state index in [1.807, 2.05) is 13.8 Å². The zero-order chi connectivity index (χ0) is 12.5. The van der Waals surface area contributed by atoms with Crippen molar-refractivity contribution in [1.29, 1.82) is 0 Å². The van der Waals surface area contributed by atoms with Gasteiger partial charge >= 0.3 is 0 Å². The molecule has 0 heterocycles. The van der Waals surface area contributed by atoms with Gasteiger partial charge in [0.25, 0.3) is 0 Å². The van der Waals surface area contributed by atoms with Crippen LogP contribution in [0.4, 0.5) is 0 Å². The van der Waals surface area contributed by atoms with Crippen molar-refractivity contribution in [3.63, 3.8) is 0 Å². The molecule has 0 spiro atoms. The maximum Gasteiger partial charge on any atom is 0.161 e. The van der Waals surface area contributed by atoms with Crippen molar-refractivity contribution in [1.82, 2.24) is 0 Å². The maximum atomic E-state index is 12.0. The lowest BCUT2D eigenvalue weighted by atomic mass is 9.95. The van der Waals surface area contributed by atoms with E-state index < -0.39 is 0 Å². The minimum atomic E-state index is 0.119. The van der Waals surface area contributed by atoms with Crippen LogP contribution in [0.2, 0.25) is 0 Å². The molecule has 0 amide bonds. The van der Waals surface area contributed by atoms with Crippen LogP contribution in [0.3, 0.4) is 0 Å². The minimum absolute atomic E-state index is 0.119. The number of rotatable bonds is 2. The average molecular weight is 232 g/mol. The van der Waals surface area contributed by atoms with Gasteiger partial charge in [-0.05, 0) is 44.1 Å². The molecule has 0 aromatic rings. The third-order valence-corrected chi connectivity index (χ3v) is 2.98. The topological polar surface area (TPSA) is 17.1 Å². The van der Waals surface area contributed by atoms with E-state index in [2.05, 4.69) is 30.4 Å². The summed E-state index contributed by atoms with van der Waals surface area (Å²) >= 11 is 0. The van der Waals surface area contributed by atoms with Gasteiger partial charge in [-0.15, -0.1) is 0 Å². The summed E-state index contributed by atoms with van der Waals surface area (Å²) in [4.78, 5) is 12.0. The lowest BCUT2D eigenvalue weighted by Crippen LogP contribution is -2.10. The Hall–Kier alpha value is -1.11. The molecule has 17 heavy (non-hydrogen) atoms. The van der Waals surface area contributed by atoms with Gasteiger partial charge in [0, 0.05) is 5.92 Å².